The zero-order valence-corrected chi connectivity index (χ0v) is 34.0. The van der Waals surface area contributed by atoms with E-state index in [1.54, 1.807) is 67.8 Å². The van der Waals surface area contributed by atoms with E-state index in [0.29, 0.717) is 28.4 Å². The molecule has 6 rings (SSSR count). The Labute approximate surface area is 339 Å². The monoisotopic (exact) mass is 774 g/mol. The number of ether oxygens (including phenoxy) is 4. The highest BCUT2D eigenvalue weighted by Crippen LogP contribution is 2.34. The smallest absolute Gasteiger partial charge is 0.343 e. The average molecular weight is 775 g/mol. The van der Waals surface area contributed by atoms with E-state index >= 15 is 0 Å². The molecule has 0 heterocycles. The molecule has 0 amide bonds. The van der Waals surface area contributed by atoms with Crippen LogP contribution in [0.3, 0.4) is 0 Å². The summed E-state index contributed by atoms with van der Waals surface area (Å²) in [5, 5.41) is 0. The Morgan fingerprint density at radius 2 is 0.845 bits per heavy atom. The molecule has 0 saturated heterocycles. The zero-order valence-electron chi connectivity index (χ0n) is 34.0. The Kier molecular flexibility index (Phi) is 12.1. The standard InChI is InChI=1S/C50H46O8/c1-30-23-35(24-31(2)45(30)55-8)27-36-25-32(3)46(33(4)26-36)58-49(54)40-14-10-13-39(29-40)48(53)57-44-21-17-42(18-22-44)50(6,7)41-15-19-43(20-16-41)56-47(52)38-12-9-11-37(28-38)34(5)51/h9-26,28-29H,27H2,1-8H3. The normalized spacial score (nSPS) is 11.1. The predicted molar refractivity (Wildman–Crippen MR) is 224 cm³/mol. The third kappa shape index (κ3) is 9.24. The molecule has 0 aliphatic heterocycles. The lowest BCUT2D eigenvalue weighted by atomic mass is 9.78. The van der Waals surface area contributed by atoms with Gasteiger partial charge in [-0.15, -0.1) is 0 Å². The van der Waals surface area contributed by atoms with Gasteiger partial charge in [-0.05, 0) is 140 Å². The van der Waals surface area contributed by atoms with Crippen molar-refractivity contribution in [3.05, 3.63) is 188 Å². The average Bonchev–Trinajstić information content (AvgIpc) is 3.19. The summed E-state index contributed by atoms with van der Waals surface area (Å²) in [5.74, 6) is 0.235. The quantitative estimate of drug-likeness (QED) is 0.0687. The molecule has 8 nitrogen and oxygen atoms in total. The third-order valence-corrected chi connectivity index (χ3v) is 10.3. The maximum atomic E-state index is 13.3. The molecule has 8 heteroatoms. The molecular weight excluding hydrogens is 729 g/mol. The second-order valence-electron chi connectivity index (χ2n) is 15.1. The molecule has 0 aromatic heterocycles. The highest BCUT2D eigenvalue weighted by atomic mass is 16.5. The van der Waals surface area contributed by atoms with Crippen LogP contribution in [0.25, 0.3) is 0 Å². The minimum Gasteiger partial charge on any atom is -0.496 e. The van der Waals surface area contributed by atoms with Gasteiger partial charge in [0.15, 0.2) is 5.78 Å². The van der Waals surface area contributed by atoms with Gasteiger partial charge in [-0.25, -0.2) is 14.4 Å². The van der Waals surface area contributed by atoms with Crippen LogP contribution in [0.5, 0.6) is 23.0 Å². The van der Waals surface area contributed by atoms with E-state index < -0.39 is 23.3 Å². The van der Waals surface area contributed by atoms with E-state index in [4.69, 9.17) is 18.9 Å². The molecule has 0 unspecified atom stereocenters. The van der Waals surface area contributed by atoms with Crippen LogP contribution in [0.2, 0.25) is 0 Å². The van der Waals surface area contributed by atoms with E-state index in [-0.39, 0.29) is 16.9 Å². The summed E-state index contributed by atoms with van der Waals surface area (Å²) in [4.78, 5) is 51.0. The summed E-state index contributed by atoms with van der Waals surface area (Å²) < 4.78 is 22.7. The number of carbonyl (C=O) groups is 4. The molecule has 0 aliphatic carbocycles. The third-order valence-electron chi connectivity index (χ3n) is 10.3. The summed E-state index contributed by atoms with van der Waals surface area (Å²) in [5.41, 5.74) is 8.76. The number of aryl methyl sites for hydroxylation is 4. The van der Waals surface area contributed by atoms with E-state index in [1.807, 2.05) is 64.1 Å². The Morgan fingerprint density at radius 3 is 1.24 bits per heavy atom. The summed E-state index contributed by atoms with van der Waals surface area (Å²) in [6.45, 7) is 13.5. The van der Waals surface area contributed by atoms with Crippen LogP contribution in [0.1, 0.15) is 107 Å². The van der Waals surface area contributed by atoms with Gasteiger partial charge < -0.3 is 18.9 Å². The van der Waals surface area contributed by atoms with Crippen LogP contribution in [0.4, 0.5) is 0 Å². The number of carbonyl (C=O) groups excluding carboxylic acids is 4. The van der Waals surface area contributed by atoms with Gasteiger partial charge in [0.1, 0.15) is 23.0 Å². The summed E-state index contributed by atoms with van der Waals surface area (Å²) in [7, 11) is 1.68. The van der Waals surface area contributed by atoms with Crippen LogP contribution in [0.15, 0.2) is 121 Å². The first-order valence-corrected chi connectivity index (χ1v) is 19.0. The Morgan fingerprint density at radius 1 is 0.483 bits per heavy atom. The van der Waals surface area contributed by atoms with Crippen molar-refractivity contribution in [2.75, 3.05) is 7.11 Å². The van der Waals surface area contributed by atoms with Gasteiger partial charge in [0, 0.05) is 11.0 Å². The van der Waals surface area contributed by atoms with Crippen molar-refractivity contribution in [3.63, 3.8) is 0 Å². The second kappa shape index (κ2) is 17.1. The molecule has 6 aromatic carbocycles. The number of benzene rings is 6. The van der Waals surface area contributed by atoms with Crippen molar-refractivity contribution in [1.82, 2.24) is 0 Å². The van der Waals surface area contributed by atoms with Gasteiger partial charge in [0.2, 0.25) is 0 Å². The van der Waals surface area contributed by atoms with Crippen LogP contribution in [-0.4, -0.2) is 30.8 Å². The van der Waals surface area contributed by atoms with Gasteiger partial charge in [0.05, 0.1) is 23.8 Å². The van der Waals surface area contributed by atoms with Crippen LogP contribution in [0, 0.1) is 27.7 Å². The van der Waals surface area contributed by atoms with Crippen molar-refractivity contribution in [2.45, 2.75) is 60.3 Å². The van der Waals surface area contributed by atoms with Gasteiger partial charge in [-0.2, -0.15) is 0 Å². The van der Waals surface area contributed by atoms with Crippen LogP contribution >= 0.6 is 0 Å². The molecule has 0 aliphatic rings. The number of ketones is 1. The number of hydrogen-bond donors (Lipinski definition) is 0. The van der Waals surface area contributed by atoms with E-state index in [1.165, 1.54) is 24.6 Å². The molecule has 0 bridgehead atoms. The highest BCUT2D eigenvalue weighted by molar-refractivity contribution is 5.98. The summed E-state index contributed by atoms with van der Waals surface area (Å²) in [6, 6.07) is 35.5. The Bertz CT molecular complexity index is 2480. The molecule has 6 aromatic rings. The fourth-order valence-electron chi connectivity index (χ4n) is 7.17. The molecule has 0 saturated carbocycles. The molecule has 0 spiro atoms. The first kappa shape index (κ1) is 40.9. The first-order chi connectivity index (χ1) is 27.6. The molecule has 0 N–H and O–H groups in total. The predicted octanol–water partition coefficient (Wildman–Crippen LogP) is 10.7. The molecular formula is C50H46O8. The van der Waals surface area contributed by atoms with E-state index in [0.717, 1.165) is 51.1 Å². The van der Waals surface area contributed by atoms with E-state index in [9.17, 15) is 19.2 Å². The molecule has 0 radical (unpaired) electrons. The van der Waals surface area contributed by atoms with Gasteiger partial charge >= 0.3 is 17.9 Å². The zero-order chi connectivity index (χ0) is 41.7. The lowest BCUT2D eigenvalue weighted by molar-refractivity contribution is 0.0720. The maximum Gasteiger partial charge on any atom is 0.343 e. The minimum absolute atomic E-state index is 0.132. The van der Waals surface area contributed by atoms with Crippen molar-refractivity contribution in [3.8, 4) is 23.0 Å². The highest BCUT2D eigenvalue weighted by Gasteiger charge is 2.24. The molecule has 0 fully saturated rings. The second-order valence-corrected chi connectivity index (χ2v) is 15.1. The number of Topliss-reactive ketones (excluding diaryl/α,β-unsaturated/α-hetero) is 1. The first-order valence-electron chi connectivity index (χ1n) is 19.0. The Hall–Kier alpha value is -6.80. The van der Waals surface area contributed by atoms with Gasteiger partial charge in [-0.3, -0.25) is 4.79 Å². The van der Waals surface area contributed by atoms with Crippen LogP contribution < -0.4 is 18.9 Å². The summed E-state index contributed by atoms with van der Waals surface area (Å²) in [6.07, 6.45) is 0.725. The topological polar surface area (TPSA) is 105 Å². The van der Waals surface area contributed by atoms with Crippen molar-refractivity contribution in [1.29, 1.82) is 0 Å². The van der Waals surface area contributed by atoms with Crippen molar-refractivity contribution in [2.24, 2.45) is 0 Å². The number of esters is 3. The Balaban J connectivity index is 1.07. The lowest BCUT2D eigenvalue weighted by Crippen LogP contribution is -2.19. The van der Waals surface area contributed by atoms with Gasteiger partial charge in [0.25, 0.3) is 0 Å². The number of methoxy groups -OCH3 is 1. The minimum atomic E-state index is -0.611. The van der Waals surface area contributed by atoms with Gasteiger partial charge in [-0.1, -0.05) is 80.6 Å². The molecule has 0 atom stereocenters. The summed E-state index contributed by atoms with van der Waals surface area (Å²) >= 11 is 0. The van der Waals surface area contributed by atoms with E-state index in [2.05, 4.69) is 26.0 Å². The van der Waals surface area contributed by atoms with Crippen LogP contribution in [-0.2, 0) is 11.8 Å². The number of hydrogen-bond acceptors (Lipinski definition) is 8. The van der Waals surface area contributed by atoms with Crippen molar-refractivity contribution >= 4 is 23.7 Å². The fourth-order valence-corrected chi connectivity index (χ4v) is 7.17. The molecule has 58 heavy (non-hydrogen) atoms. The fraction of sp³-hybridized carbons (Fsp3) is 0.200. The number of rotatable bonds is 12. The van der Waals surface area contributed by atoms with Crippen molar-refractivity contribution < 1.29 is 38.1 Å². The maximum absolute atomic E-state index is 13.3. The SMILES string of the molecule is COc1c(C)cc(Cc2cc(C)c(OC(=O)c3cccc(C(=O)Oc4ccc(C(C)(C)c5ccc(OC(=O)c6cccc(C(C)=O)c6)cc5)cc4)c3)c(C)c2)cc1C. The molecule has 294 valence electrons. The lowest BCUT2D eigenvalue weighted by Gasteiger charge is -2.26. The largest absolute Gasteiger partial charge is 0.496 e.